The third-order valence-corrected chi connectivity index (χ3v) is 7.64. The van der Waals surface area contributed by atoms with E-state index in [1.54, 1.807) is 0 Å². The number of benzene rings is 1. The number of imidazole rings is 1. The van der Waals surface area contributed by atoms with Crippen molar-refractivity contribution in [3.8, 4) is 17.3 Å². The fraction of sp³-hybridized carbons (Fsp3) is 0.429. The Bertz CT molecular complexity index is 1440. The average molecular weight is 519 g/mol. The summed E-state index contributed by atoms with van der Waals surface area (Å²) in [5.74, 6) is 1.21. The number of aliphatic hydroxyl groups excluding tert-OH is 1. The first-order valence-electron chi connectivity index (χ1n) is 12.9. The molecule has 6 rings (SSSR count). The van der Waals surface area contributed by atoms with Gasteiger partial charge in [-0.2, -0.15) is 4.98 Å². The normalized spacial score (nSPS) is 17.8. The van der Waals surface area contributed by atoms with Crippen LogP contribution in [-0.4, -0.2) is 59.3 Å². The molecule has 0 amide bonds. The van der Waals surface area contributed by atoms with E-state index in [9.17, 15) is 5.11 Å². The molecule has 192 valence electrons. The molecule has 1 aromatic carbocycles. The lowest BCUT2D eigenvalue weighted by atomic mass is 10.1. The average Bonchev–Trinajstić information content (AvgIpc) is 3.49. The molecule has 0 radical (unpaired) electrons. The fourth-order valence-corrected chi connectivity index (χ4v) is 5.17. The van der Waals surface area contributed by atoms with Crippen molar-refractivity contribution in [1.29, 1.82) is 0 Å². The van der Waals surface area contributed by atoms with Crippen molar-refractivity contribution in [1.82, 2.24) is 29.4 Å². The minimum Gasteiger partial charge on any atom is -0.470 e. The number of aryl methyl sites for hydroxylation is 1. The van der Waals surface area contributed by atoms with Gasteiger partial charge in [0.15, 0.2) is 11.2 Å². The second-order valence-corrected chi connectivity index (χ2v) is 11.0. The highest BCUT2D eigenvalue weighted by Gasteiger charge is 2.41. The van der Waals surface area contributed by atoms with Gasteiger partial charge in [-0.3, -0.25) is 9.88 Å². The molecule has 8 nitrogen and oxygen atoms in total. The molecule has 1 aliphatic carbocycles. The van der Waals surface area contributed by atoms with Crippen molar-refractivity contribution in [3.63, 3.8) is 0 Å². The number of likely N-dealkylation sites (tertiary alicyclic amines) is 1. The molecule has 9 heteroatoms. The lowest BCUT2D eigenvalue weighted by Crippen LogP contribution is -2.35. The summed E-state index contributed by atoms with van der Waals surface area (Å²) < 4.78 is 8.29. The summed E-state index contributed by atoms with van der Waals surface area (Å²) in [5, 5.41) is 10.4. The van der Waals surface area contributed by atoms with Crippen LogP contribution in [0.15, 0.2) is 42.9 Å². The van der Waals surface area contributed by atoms with Crippen LogP contribution in [0.25, 0.3) is 22.6 Å². The first-order chi connectivity index (χ1) is 17.9. The lowest BCUT2D eigenvalue weighted by molar-refractivity contribution is 0.0792. The number of rotatable bonds is 7. The molecule has 4 heterocycles. The van der Waals surface area contributed by atoms with Crippen molar-refractivity contribution in [2.75, 3.05) is 13.1 Å². The van der Waals surface area contributed by atoms with Crippen LogP contribution < -0.4 is 4.74 Å². The SMILES string of the molecule is Cc1ccnc(Cn2c(-c3ccc(CN4CCC(O)CC4)cc3Cl)nc3c(OC4(C)CC4)ncnc32)c1. The van der Waals surface area contributed by atoms with Crippen LogP contribution in [0, 0.1) is 6.92 Å². The molecule has 0 spiro atoms. The van der Waals surface area contributed by atoms with E-state index in [1.165, 1.54) is 6.33 Å². The van der Waals surface area contributed by atoms with E-state index in [0.717, 1.165) is 67.7 Å². The molecule has 0 atom stereocenters. The number of hydrogen-bond acceptors (Lipinski definition) is 7. The minimum absolute atomic E-state index is 0.183. The highest BCUT2D eigenvalue weighted by molar-refractivity contribution is 6.33. The number of aromatic nitrogens is 5. The molecule has 1 saturated heterocycles. The third-order valence-electron chi connectivity index (χ3n) is 7.33. The summed E-state index contributed by atoms with van der Waals surface area (Å²) in [6.45, 7) is 7.23. The standard InChI is InChI=1S/C28H31ClN6O2/c1-18-5-10-30-20(13-18)16-35-25(33-24-26(35)31-17-32-27(24)37-28(2)8-9-28)22-4-3-19(14-23(22)29)15-34-11-6-21(36)7-12-34/h3-5,10,13-14,17,21,36H,6-9,11-12,15-16H2,1-2H3. The molecule has 1 N–H and O–H groups in total. The Hall–Kier alpha value is -3.07. The van der Waals surface area contributed by atoms with Gasteiger partial charge >= 0.3 is 0 Å². The molecular weight excluding hydrogens is 488 g/mol. The van der Waals surface area contributed by atoms with Gasteiger partial charge < -0.3 is 14.4 Å². The minimum atomic E-state index is -0.187. The van der Waals surface area contributed by atoms with Crippen LogP contribution in [0.2, 0.25) is 5.02 Å². The molecule has 2 aliphatic rings. The number of piperidine rings is 1. The van der Waals surface area contributed by atoms with E-state index in [4.69, 9.17) is 21.3 Å². The van der Waals surface area contributed by atoms with E-state index >= 15 is 0 Å². The molecule has 0 unspecified atom stereocenters. The second-order valence-electron chi connectivity index (χ2n) is 10.6. The van der Waals surface area contributed by atoms with Gasteiger partial charge in [0.2, 0.25) is 5.88 Å². The van der Waals surface area contributed by atoms with Crippen LogP contribution >= 0.6 is 11.6 Å². The maximum absolute atomic E-state index is 9.81. The Morgan fingerprint density at radius 2 is 1.89 bits per heavy atom. The number of ether oxygens (including phenoxy) is 1. The van der Waals surface area contributed by atoms with E-state index < -0.39 is 0 Å². The topological polar surface area (TPSA) is 89.2 Å². The largest absolute Gasteiger partial charge is 0.470 e. The van der Waals surface area contributed by atoms with Crippen molar-refractivity contribution >= 4 is 22.8 Å². The van der Waals surface area contributed by atoms with Gasteiger partial charge in [-0.25, -0.2) is 9.97 Å². The number of nitrogens with zero attached hydrogens (tertiary/aromatic N) is 6. The fourth-order valence-electron chi connectivity index (χ4n) is 4.88. The Balaban J connectivity index is 1.39. The van der Waals surface area contributed by atoms with Crippen molar-refractivity contribution in [2.45, 2.75) is 64.3 Å². The van der Waals surface area contributed by atoms with Gasteiger partial charge in [0.25, 0.3) is 0 Å². The van der Waals surface area contributed by atoms with E-state index in [1.807, 2.05) is 29.0 Å². The highest BCUT2D eigenvalue weighted by atomic mass is 35.5. The number of pyridine rings is 1. The second kappa shape index (κ2) is 9.67. The van der Waals surface area contributed by atoms with Gasteiger partial charge in [-0.05, 0) is 74.9 Å². The highest BCUT2D eigenvalue weighted by Crippen LogP contribution is 2.41. The third kappa shape index (κ3) is 5.19. The van der Waals surface area contributed by atoms with E-state index in [0.29, 0.717) is 34.4 Å². The maximum Gasteiger partial charge on any atom is 0.245 e. The molecule has 1 saturated carbocycles. The Labute approximate surface area is 221 Å². The Kier molecular flexibility index (Phi) is 6.34. The molecular formula is C28H31ClN6O2. The van der Waals surface area contributed by atoms with Crippen LogP contribution in [0.4, 0.5) is 0 Å². The number of aliphatic hydroxyl groups is 1. The van der Waals surface area contributed by atoms with E-state index in [2.05, 4.69) is 45.8 Å². The molecule has 37 heavy (non-hydrogen) atoms. The first kappa shape index (κ1) is 24.3. The lowest BCUT2D eigenvalue weighted by Gasteiger charge is -2.29. The summed E-state index contributed by atoms with van der Waals surface area (Å²) in [6.07, 6.45) is 6.81. The predicted molar refractivity (Wildman–Crippen MR) is 143 cm³/mol. The zero-order valence-corrected chi connectivity index (χ0v) is 21.9. The van der Waals surface area contributed by atoms with Gasteiger partial charge in [-0.15, -0.1) is 0 Å². The Morgan fingerprint density at radius 1 is 1.08 bits per heavy atom. The maximum atomic E-state index is 9.81. The van der Waals surface area contributed by atoms with Crippen molar-refractivity contribution in [2.24, 2.45) is 0 Å². The van der Waals surface area contributed by atoms with Crippen LogP contribution in [0.1, 0.15) is 49.4 Å². The predicted octanol–water partition coefficient (Wildman–Crippen LogP) is 4.79. The quantitative estimate of drug-likeness (QED) is 0.376. The summed E-state index contributed by atoms with van der Waals surface area (Å²) in [7, 11) is 0. The zero-order valence-electron chi connectivity index (χ0n) is 21.2. The van der Waals surface area contributed by atoms with Crippen LogP contribution in [-0.2, 0) is 13.1 Å². The number of hydrogen-bond donors (Lipinski definition) is 1. The van der Waals surface area contributed by atoms with Gasteiger partial charge in [-0.1, -0.05) is 17.7 Å². The van der Waals surface area contributed by atoms with Crippen molar-refractivity contribution in [3.05, 3.63) is 64.7 Å². The summed E-state index contributed by atoms with van der Waals surface area (Å²) in [6, 6.07) is 10.2. The summed E-state index contributed by atoms with van der Waals surface area (Å²) >= 11 is 6.89. The zero-order chi connectivity index (χ0) is 25.6. The van der Waals surface area contributed by atoms with Gasteiger partial charge in [0, 0.05) is 31.4 Å². The monoisotopic (exact) mass is 518 g/mol. The number of halogens is 1. The number of fused-ring (bicyclic) bond motifs is 1. The van der Waals surface area contributed by atoms with Crippen molar-refractivity contribution < 1.29 is 9.84 Å². The molecule has 2 fully saturated rings. The van der Waals surface area contributed by atoms with Crippen LogP contribution in [0.5, 0.6) is 5.88 Å². The van der Waals surface area contributed by atoms with Crippen LogP contribution in [0.3, 0.4) is 0 Å². The molecule has 0 bridgehead atoms. The molecule has 3 aromatic heterocycles. The summed E-state index contributed by atoms with van der Waals surface area (Å²) in [4.78, 5) is 20.9. The smallest absolute Gasteiger partial charge is 0.245 e. The first-order valence-corrected chi connectivity index (χ1v) is 13.3. The molecule has 4 aromatic rings. The molecule has 1 aliphatic heterocycles. The summed E-state index contributed by atoms with van der Waals surface area (Å²) in [5.41, 5.74) is 5.16. The van der Waals surface area contributed by atoms with Gasteiger partial charge in [0.1, 0.15) is 17.8 Å². The van der Waals surface area contributed by atoms with Gasteiger partial charge in [0.05, 0.1) is 23.4 Å². The van der Waals surface area contributed by atoms with E-state index in [-0.39, 0.29) is 11.7 Å². The Morgan fingerprint density at radius 3 is 2.62 bits per heavy atom.